The maximum absolute atomic E-state index is 12.3. The van der Waals surface area contributed by atoms with Crippen LogP contribution in [0.3, 0.4) is 0 Å². The van der Waals surface area contributed by atoms with E-state index in [0.29, 0.717) is 18.9 Å². The van der Waals surface area contributed by atoms with Gasteiger partial charge >= 0.3 is 5.97 Å². The molecule has 2 atom stereocenters. The molecular weight excluding hydrogens is 402 g/mol. The van der Waals surface area contributed by atoms with E-state index in [2.05, 4.69) is 79.5 Å². The van der Waals surface area contributed by atoms with Crippen molar-refractivity contribution in [3.05, 3.63) is 11.9 Å². The van der Waals surface area contributed by atoms with E-state index in [0.717, 1.165) is 25.1 Å². The maximum atomic E-state index is 12.3. The lowest BCUT2D eigenvalue weighted by molar-refractivity contribution is -0.164. The summed E-state index contributed by atoms with van der Waals surface area (Å²) in [5, 5.41) is 8.58. The summed E-state index contributed by atoms with van der Waals surface area (Å²) in [4.78, 5) is 12.3. The van der Waals surface area contributed by atoms with E-state index in [1.54, 1.807) is 0 Å². The van der Waals surface area contributed by atoms with Gasteiger partial charge < -0.3 is 9.47 Å². The van der Waals surface area contributed by atoms with Crippen molar-refractivity contribution in [3.8, 4) is 0 Å². The average Bonchev–Trinajstić information content (AvgIpc) is 3.09. The van der Waals surface area contributed by atoms with Gasteiger partial charge in [-0.25, -0.2) is 0 Å². The van der Waals surface area contributed by atoms with Crippen LogP contribution in [0.4, 0.5) is 0 Å². The molecule has 0 bridgehead atoms. The molecule has 0 fully saturated rings. The molecule has 2 unspecified atom stereocenters. The van der Waals surface area contributed by atoms with Crippen LogP contribution in [0.5, 0.6) is 0 Å². The van der Waals surface area contributed by atoms with Gasteiger partial charge in [0.25, 0.3) is 0 Å². The van der Waals surface area contributed by atoms with Crippen LogP contribution in [-0.4, -0.2) is 38.8 Å². The van der Waals surface area contributed by atoms with Gasteiger partial charge in [-0.15, -0.1) is 5.10 Å². The summed E-state index contributed by atoms with van der Waals surface area (Å²) in [6.45, 7) is 26.8. The molecule has 1 aromatic heterocycles. The third-order valence-electron chi connectivity index (χ3n) is 6.82. The molecule has 1 rings (SSSR count). The van der Waals surface area contributed by atoms with Crippen LogP contribution >= 0.6 is 0 Å². The van der Waals surface area contributed by atoms with E-state index in [4.69, 9.17) is 9.47 Å². The fourth-order valence-electron chi connectivity index (χ4n) is 3.73. The normalized spacial score (nSPS) is 15.5. The summed E-state index contributed by atoms with van der Waals surface area (Å²) in [5.74, 6) is 0.390. The summed E-state index contributed by atoms with van der Waals surface area (Å²) in [7, 11) is 0. The fourth-order valence-corrected chi connectivity index (χ4v) is 3.73. The third-order valence-corrected chi connectivity index (χ3v) is 6.82. The Kier molecular flexibility index (Phi) is 9.53. The van der Waals surface area contributed by atoms with E-state index in [-0.39, 0.29) is 28.3 Å². The van der Waals surface area contributed by atoms with Gasteiger partial charge in [-0.05, 0) is 64.7 Å². The number of aryl methyl sites for hydroxylation is 1. The molecule has 1 heterocycles. The van der Waals surface area contributed by atoms with E-state index < -0.39 is 5.60 Å². The molecule has 0 aromatic carbocycles. The Balaban J connectivity index is 2.61. The van der Waals surface area contributed by atoms with Crippen molar-refractivity contribution in [2.45, 2.75) is 126 Å². The highest BCUT2D eigenvalue weighted by Crippen LogP contribution is 2.35. The Morgan fingerprint density at radius 2 is 1.59 bits per heavy atom. The molecular formula is C26H49N3O3. The first-order valence-electron chi connectivity index (χ1n) is 12.2. The quantitative estimate of drug-likeness (QED) is 0.355. The van der Waals surface area contributed by atoms with Crippen molar-refractivity contribution in [3.63, 3.8) is 0 Å². The number of carbonyl (C=O) groups excluding carboxylic acids is 1. The van der Waals surface area contributed by atoms with Crippen LogP contribution in [0.2, 0.25) is 0 Å². The molecule has 0 aliphatic heterocycles. The summed E-state index contributed by atoms with van der Waals surface area (Å²) >= 11 is 0. The minimum atomic E-state index is -0.519. The number of ether oxygens (including phenoxy) is 2. The van der Waals surface area contributed by atoms with Gasteiger partial charge in [-0.2, -0.15) is 0 Å². The van der Waals surface area contributed by atoms with Gasteiger partial charge in [-0.3, -0.25) is 9.48 Å². The standard InChI is InChI=1S/C26H49N3O3/c1-13-29-18-21(27-28-29)24(7,8)16-20(3)25(9,10)31-15-14-19(2)26(11,12)32-22(30)17-23(4,5)6/h18-20H,13-17H2,1-12H3. The van der Waals surface area contributed by atoms with E-state index in [9.17, 15) is 4.79 Å². The number of rotatable bonds is 12. The van der Waals surface area contributed by atoms with Crippen LogP contribution in [0, 0.1) is 17.3 Å². The van der Waals surface area contributed by atoms with Crippen molar-refractivity contribution in [2.75, 3.05) is 6.61 Å². The first-order valence-corrected chi connectivity index (χ1v) is 12.2. The van der Waals surface area contributed by atoms with Gasteiger partial charge in [0.1, 0.15) is 5.60 Å². The predicted molar refractivity (Wildman–Crippen MR) is 131 cm³/mol. The SMILES string of the molecule is CCn1cc(C(C)(C)CC(C)C(C)(C)OCCC(C)C(C)(C)OC(=O)CC(C)(C)C)nn1. The molecule has 32 heavy (non-hydrogen) atoms. The van der Waals surface area contributed by atoms with Gasteiger partial charge in [0.15, 0.2) is 0 Å². The Labute approximate surface area is 196 Å². The maximum Gasteiger partial charge on any atom is 0.306 e. The number of hydrogen-bond acceptors (Lipinski definition) is 5. The van der Waals surface area contributed by atoms with Crippen molar-refractivity contribution >= 4 is 5.97 Å². The number of aromatic nitrogens is 3. The van der Waals surface area contributed by atoms with Gasteiger partial charge in [0.05, 0.1) is 17.7 Å². The third kappa shape index (κ3) is 8.84. The number of esters is 1. The van der Waals surface area contributed by atoms with Crippen molar-refractivity contribution in [2.24, 2.45) is 17.3 Å². The molecule has 0 aliphatic carbocycles. The van der Waals surface area contributed by atoms with Crippen LogP contribution in [0.25, 0.3) is 0 Å². The van der Waals surface area contributed by atoms with Gasteiger partial charge in [0.2, 0.25) is 0 Å². The van der Waals surface area contributed by atoms with Gasteiger partial charge in [-0.1, -0.05) is 53.7 Å². The monoisotopic (exact) mass is 451 g/mol. The average molecular weight is 452 g/mol. The molecule has 186 valence electrons. The van der Waals surface area contributed by atoms with Crippen molar-refractivity contribution < 1.29 is 14.3 Å². The van der Waals surface area contributed by atoms with E-state index in [1.165, 1.54) is 0 Å². The molecule has 0 amide bonds. The molecule has 6 heteroatoms. The zero-order valence-electron chi connectivity index (χ0n) is 22.8. The molecule has 0 aliphatic rings. The van der Waals surface area contributed by atoms with Crippen LogP contribution < -0.4 is 0 Å². The second-order valence-electron chi connectivity index (χ2n) is 12.4. The molecule has 0 spiro atoms. The lowest BCUT2D eigenvalue weighted by Gasteiger charge is -2.38. The second-order valence-corrected chi connectivity index (χ2v) is 12.4. The minimum absolute atomic E-state index is 0.0712. The van der Waals surface area contributed by atoms with E-state index in [1.807, 2.05) is 24.7 Å². The van der Waals surface area contributed by atoms with Gasteiger partial charge in [0, 0.05) is 24.8 Å². The number of carbonyl (C=O) groups is 1. The Bertz CT molecular complexity index is 729. The van der Waals surface area contributed by atoms with Crippen LogP contribution in [0.15, 0.2) is 6.20 Å². The fraction of sp³-hybridized carbons (Fsp3) is 0.885. The molecule has 0 N–H and O–H groups in total. The summed E-state index contributed by atoms with van der Waals surface area (Å²) in [5.41, 5.74) is 0.0797. The zero-order valence-corrected chi connectivity index (χ0v) is 22.8. The smallest absolute Gasteiger partial charge is 0.306 e. The number of nitrogens with zero attached hydrogens (tertiary/aromatic N) is 3. The first-order chi connectivity index (χ1) is 14.4. The highest BCUT2D eigenvalue weighted by atomic mass is 16.6. The number of hydrogen-bond donors (Lipinski definition) is 0. The molecule has 6 nitrogen and oxygen atoms in total. The lowest BCUT2D eigenvalue weighted by atomic mass is 9.75. The lowest BCUT2D eigenvalue weighted by Crippen LogP contribution is -2.39. The minimum Gasteiger partial charge on any atom is -0.459 e. The first kappa shape index (κ1) is 28.6. The summed E-state index contributed by atoms with van der Waals surface area (Å²) < 4.78 is 14.1. The largest absolute Gasteiger partial charge is 0.459 e. The predicted octanol–water partition coefficient (Wildman–Crippen LogP) is 6.18. The Morgan fingerprint density at radius 3 is 2.09 bits per heavy atom. The van der Waals surface area contributed by atoms with Crippen molar-refractivity contribution in [1.29, 1.82) is 0 Å². The summed E-state index contributed by atoms with van der Waals surface area (Å²) in [6, 6.07) is 0. The highest BCUT2D eigenvalue weighted by molar-refractivity contribution is 5.70. The molecule has 0 radical (unpaired) electrons. The Hall–Kier alpha value is -1.43. The summed E-state index contributed by atoms with van der Waals surface area (Å²) in [6.07, 6.45) is 4.26. The van der Waals surface area contributed by atoms with Crippen LogP contribution in [-0.2, 0) is 26.2 Å². The molecule has 1 aromatic rings. The topological polar surface area (TPSA) is 66.2 Å². The zero-order chi connectivity index (χ0) is 25.0. The second kappa shape index (κ2) is 10.7. The van der Waals surface area contributed by atoms with E-state index >= 15 is 0 Å². The van der Waals surface area contributed by atoms with Crippen LogP contribution in [0.1, 0.15) is 108 Å². The highest BCUT2D eigenvalue weighted by Gasteiger charge is 2.36. The van der Waals surface area contributed by atoms with Crippen molar-refractivity contribution in [1.82, 2.24) is 15.0 Å². The Morgan fingerprint density at radius 1 is 1.00 bits per heavy atom. The molecule has 0 saturated carbocycles. The molecule has 0 saturated heterocycles.